The summed E-state index contributed by atoms with van der Waals surface area (Å²) < 4.78 is 10.3. The van der Waals surface area contributed by atoms with Crippen molar-refractivity contribution >= 4 is 5.97 Å². The Bertz CT molecular complexity index is 293. The molecule has 0 N–H and O–H groups in total. The summed E-state index contributed by atoms with van der Waals surface area (Å²) >= 11 is 0. The molecular formula is C12H21NO3. The van der Waals surface area contributed by atoms with Gasteiger partial charge in [-0.25, -0.2) is 4.79 Å². The summed E-state index contributed by atoms with van der Waals surface area (Å²) in [5, 5.41) is 0. The topological polar surface area (TPSA) is 42.1 Å². The van der Waals surface area contributed by atoms with Crippen LogP contribution >= 0.6 is 0 Å². The Balaban J connectivity index is 1.95. The number of esters is 1. The third-order valence-corrected chi connectivity index (χ3v) is 4.44. The lowest BCUT2D eigenvalue weighted by Gasteiger charge is -2.41. The Hall–Kier alpha value is -0.610. The highest BCUT2D eigenvalue weighted by Gasteiger charge is 2.63. The highest BCUT2D eigenvalue weighted by Crippen LogP contribution is 2.51. The second-order valence-electron chi connectivity index (χ2n) is 5.48. The molecule has 0 amide bonds. The fraction of sp³-hybridized carbons (Fsp3) is 0.917. The predicted octanol–water partition coefficient (Wildman–Crippen LogP) is 1.19. The molecule has 1 aliphatic heterocycles. The zero-order valence-electron chi connectivity index (χ0n) is 10.6. The fourth-order valence-electron chi connectivity index (χ4n) is 2.61. The molecule has 2 rings (SSSR count). The molecular weight excluding hydrogens is 206 g/mol. The number of carbonyl (C=O) groups excluding carboxylic acids is 1. The Labute approximate surface area is 96.9 Å². The van der Waals surface area contributed by atoms with Crippen molar-refractivity contribution < 1.29 is 14.3 Å². The highest BCUT2D eigenvalue weighted by molar-refractivity contribution is 5.79. The number of hydrogen-bond donors (Lipinski definition) is 0. The molecule has 16 heavy (non-hydrogen) atoms. The number of methoxy groups -OCH3 is 1. The molecule has 0 aromatic carbocycles. The van der Waals surface area contributed by atoms with Gasteiger partial charge in [0, 0.05) is 5.54 Å². The summed E-state index contributed by atoms with van der Waals surface area (Å²) in [5.74, 6) is -0.214. The van der Waals surface area contributed by atoms with Gasteiger partial charge in [0.15, 0.2) is 6.10 Å². The van der Waals surface area contributed by atoms with Gasteiger partial charge in [-0.2, -0.15) is 0 Å². The molecule has 0 radical (unpaired) electrons. The highest BCUT2D eigenvalue weighted by atomic mass is 16.7. The molecule has 1 saturated heterocycles. The summed E-state index contributed by atoms with van der Waals surface area (Å²) in [6.45, 7) is 2.27. The second-order valence-corrected chi connectivity index (χ2v) is 5.48. The lowest BCUT2D eigenvalue weighted by atomic mass is 9.75. The number of nitrogens with zero attached hydrogens (tertiary/aromatic N) is 1. The molecule has 2 aliphatic rings. The van der Waals surface area contributed by atoms with Gasteiger partial charge in [0.05, 0.1) is 7.11 Å². The van der Waals surface area contributed by atoms with Crippen LogP contribution in [0.15, 0.2) is 0 Å². The van der Waals surface area contributed by atoms with Crippen molar-refractivity contribution in [3.05, 3.63) is 0 Å². The maximum atomic E-state index is 11.4. The van der Waals surface area contributed by atoms with E-state index in [0.717, 1.165) is 25.7 Å². The molecule has 1 heterocycles. The van der Waals surface area contributed by atoms with E-state index >= 15 is 0 Å². The smallest absolute Gasteiger partial charge is 0.338 e. The molecule has 0 aromatic heterocycles. The molecule has 2 fully saturated rings. The number of hydrogen-bond acceptors (Lipinski definition) is 4. The number of rotatable bonds is 2. The fourth-order valence-corrected chi connectivity index (χ4v) is 2.61. The maximum absolute atomic E-state index is 11.4. The van der Waals surface area contributed by atoms with Crippen LogP contribution in [0.25, 0.3) is 0 Å². The normalized spacial score (nSPS) is 42.4. The molecule has 1 aliphatic carbocycles. The SMILES string of the molecule is COC(=O)C1OC12CCC(C)(N(C)C)CC2. The Morgan fingerprint density at radius 1 is 1.31 bits per heavy atom. The first kappa shape index (κ1) is 11.9. The van der Waals surface area contributed by atoms with Gasteiger partial charge in [-0.1, -0.05) is 0 Å². The van der Waals surface area contributed by atoms with Crippen molar-refractivity contribution in [1.82, 2.24) is 4.90 Å². The third kappa shape index (κ3) is 1.74. The summed E-state index contributed by atoms with van der Waals surface area (Å²) in [6.07, 6.45) is 3.77. The summed E-state index contributed by atoms with van der Waals surface area (Å²) in [7, 11) is 5.65. The molecule has 1 spiro atoms. The average molecular weight is 227 g/mol. The van der Waals surface area contributed by atoms with Gasteiger partial charge in [-0.05, 0) is 46.7 Å². The zero-order chi connectivity index (χ0) is 12.0. The summed E-state index contributed by atoms with van der Waals surface area (Å²) in [5.41, 5.74) is 0.0560. The van der Waals surface area contributed by atoms with Crippen LogP contribution in [0, 0.1) is 0 Å². The maximum Gasteiger partial charge on any atom is 0.338 e. The average Bonchev–Trinajstić information content (AvgIpc) is 2.97. The third-order valence-electron chi connectivity index (χ3n) is 4.44. The summed E-state index contributed by atoms with van der Waals surface area (Å²) in [4.78, 5) is 13.7. The van der Waals surface area contributed by atoms with Crippen molar-refractivity contribution in [3.63, 3.8) is 0 Å². The second kappa shape index (κ2) is 3.70. The summed E-state index contributed by atoms with van der Waals surface area (Å²) in [6, 6.07) is 0. The van der Waals surface area contributed by atoms with Crippen LogP contribution in [-0.2, 0) is 14.3 Å². The van der Waals surface area contributed by atoms with E-state index in [1.54, 1.807) is 0 Å². The van der Waals surface area contributed by atoms with E-state index in [2.05, 4.69) is 25.9 Å². The van der Waals surface area contributed by atoms with Gasteiger partial charge in [-0.15, -0.1) is 0 Å². The van der Waals surface area contributed by atoms with E-state index in [9.17, 15) is 4.79 Å². The Morgan fingerprint density at radius 3 is 2.31 bits per heavy atom. The molecule has 4 nitrogen and oxygen atoms in total. The standard InChI is InChI=1S/C12H21NO3/c1-11(13(2)3)5-7-12(8-6-11)9(16-12)10(14)15-4/h9H,5-8H2,1-4H3. The van der Waals surface area contributed by atoms with Gasteiger partial charge in [0.25, 0.3) is 0 Å². The van der Waals surface area contributed by atoms with Crippen LogP contribution in [0.4, 0.5) is 0 Å². The van der Waals surface area contributed by atoms with Crippen molar-refractivity contribution in [2.24, 2.45) is 0 Å². The minimum absolute atomic E-state index is 0.192. The van der Waals surface area contributed by atoms with Gasteiger partial charge in [-0.3, -0.25) is 0 Å². The van der Waals surface area contributed by atoms with E-state index in [4.69, 9.17) is 9.47 Å². The first-order valence-corrected chi connectivity index (χ1v) is 5.87. The van der Waals surface area contributed by atoms with Crippen LogP contribution in [0.1, 0.15) is 32.6 Å². The van der Waals surface area contributed by atoms with E-state index in [1.807, 2.05) is 0 Å². The van der Waals surface area contributed by atoms with Crippen LogP contribution in [0.2, 0.25) is 0 Å². The minimum Gasteiger partial charge on any atom is -0.467 e. The van der Waals surface area contributed by atoms with Gasteiger partial charge >= 0.3 is 5.97 Å². The van der Waals surface area contributed by atoms with Crippen LogP contribution in [0.5, 0.6) is 0 Å². The number of ether oxygens (including phenoxy) is 2. The van der Waals surface area contributed by atoms with Crippen molar-refractivity contribution in [3.8, 4) is 0 Å². The first-order chi connectivity index (χ1) is 7.43. The lowest BCUT2D eigenvalue weighted by Crippen LogP contribution is -2.46. The Morgan fingerprint density at radius 2 is 1.88 bits per heavy atom. The van der Waals surface area contributed by atoms with Crippen LogP contribution < -0.4 is 0 Å². The minimum atomic E-state index is -0.302. The molecule has 1 saturated carbocycles. The first-order valence-electron chi connectivity index (χ1n) is 5.87. The van der Waals surface area contributed by atoms with E-state index < -0.39 is 0 Å². The van der Waals surface area contributed by atoms with E-state index in [1.165, 1.54) is 7.11 Å². The zero-order valence-corrected chi connectivity index (χ0v) is 10.6. The quantitative estimate of drug-likeness (QED) is 0.525. The largest absolute Gasteiger partial charge is 0.467 e. The molecule has 0 aromatic rings. The number of epoxide rings is 1. The van der Waals surface area contributed by atoms with E-state index in [0.29, 0.717) is 0 Å². The van der Waals surface area contributed by atoms with Crippen LogP contribution in [0.3, 0.4) is 0 Å². The van der Waals surface area contributed by atoms with Crippen molar-refractivity contribution in [1.29, 1.82) is 0 Å². The van der Waals surface area contributed by atoms with Crippen molar-refractivity contribution in [2.45, 2.75) is 49.9 Å². The van der Waals surface area contributed by atoms with Gasteiger partial charge in [0.2, 0.25) is 0 Å². The molecule has 4 heteroatoms. The Kier molecular flexibility index (Phi) is 2.75. The molecule has 1 atom stereocenters. The van der Waals surface area contributed by atoms with Gasteiger partial charge in [0.1, 0.15) is 5.60 Å². The van der Waals surface area contributed by atoms with Gasteiger partial charge < -0.3 is 14.4 Å². The van der Waals surface area contributed by atoms with E-state index in [-0.39, 0.29) is 23.2 Å². The molecule has 1 unspecified atom stereocenters. The molecule has 0 bridgehead atoms. The predicted molar refractivity (Wildman–Crippen MR) is 60.2 cm³/mol. The van der Waals surface area contributed by atoms with Crippen molar-refractivity contribution in [2.75, 3.05) is 21.2 Å². The monoisotopic (exact) mass is 227 g/mol. The number of carbonyl (C=O) groups is 1. The molecule has 92 valence electrons. The van der Waals surface area contributed by atoms with Crippen LogP contribution in [-0.4, -0.2) is 49.3 Å². The lowest BCUT2D eigenvalue weighted by molar-refractivity contribution is -0.142.